The first-order valence-electron chi connectivity index (χ1n) is 11.1. The lowest BCUT2D eigenvalue weighted by Crippen LogP contribution is -2.37. The molecule has 0 saturated heterocycles. The van der Waals surface area contributed by atoms with Crippen molar-refractivity contribution in [2.45, 2.75) is 12.6 Å². The van der Waals surface area contributed by atoms with Gasteiger partial charge in [0.15, 0.2) is 6.79 Å². The predicted octanol–water partition coefficient (Wildman–Crippen LogP) is 5.30. The third-order valence-electron chi connectivity index (χ3n) is 5.83. The highest BCUT2D eigenvalue weighted by Crippen LogP contribution is 2.35. The molecule has 0 aromatic heterocycles. The highest BCUT2D eigenvalue weighted by molar-refractivity contribution is 6.08. The largest absolute Gasteiger partial charge is 0.465 e. The zero-order valence-electron chi connectivity index (χ0n) is 19.4. The number of hydrogen-bond donors (Lipinski definition) is 1. The number of carbonyl (C=O) groups is 1. The molecule has 0 bridgehead atoms. The lowest BCUT2D eigenvalue weighted by molar-refractivity contribution is -0.137. The number of methoxy groups -OCH3 is 1. The van der Waals surface area contributed by atoms with Crippen molar-refractivity contribution < 1.29 is 36.6 Å². The number of rotatable bonds is 8. The standard InChI is InChI=1S/C26H24F4N2O4/c1-34-10-11-35-15-36-24-7-6-19(13-23(24)31)32-9-8-17-12-20(22(27)14-21(17)25(32)33)16-2-4-18(5-3-16)26(28,29)30/h2-7,12-14H,8-11,15,31H2,1H3. The molecule has 10 heteroatoms. The number of ether oxygens (including phenoxy) is 3. The number of nitrogen functional groups attached to an aromatic ring is 1. The van der Waals surface area contributed by atoms with Gasteiger partial charge in [0.1, 0.15) is 11.6 Å². The van der Waals surface area contributed by atoms with Gasteiger partial charge in [0.05, 0.1) is 24.5 Å². The Morgan fingerprint density at radius 3 is 2.42 bits per heavy atom. The molecule has 3 aromatic carbocycles. The van der Waals surface area contributed by atoms with Crippen LogP contribution in [0.5, 0.6) is 5.75 Å². The molecule has 0 spiro atoms. The van der Waals surface area contributed by atoms with Gasteiger partial charge < -0.3 is 24.8 Å². The van der Waals surface area contributed by atoms with E-state index in [1.54, 1.807) is 25.3 Å². The Hall–Kier alpha value is -3.63. The third kappa shape index (κ3) is 5.44. The predicted molar refractivity (Wildman–Crippen MR) is 126 cm³/mol. The summed E-state index contributed by atoms with van der Waals surface area (Å²) >= 11 is 0. The van der Waals surface area contributed by atoms with Gasteiger partial charge in [-0.25, -0.2) is 4.39 Å². The van der Waals surface area contributed by atoms with Crippen molar-refractivity contribution >= 4 is 17.3 Å². The maximum atomic E-state index is 15.0. The number of nitrogens with two attached hydrogens (primary N) is 1. The highest BCUT2D eigenvalue weighted by Gasteiger charge is 2.31. The summed E-state index contributed by atoms with van der Waals surface area (Å²) in [7, 11) is 1.56. The Labute approximate surface area is 205 Å². The number of hydrogen-bond acceptors (Lipinski definition) is 5. The molecule has 3 aromatic rings. The molecule has 4 rings (SSSR count). The SMILES string of the molecule is COCCOCOc1ccc(N2CCc3cc(-c4ccc(C(F)(F)F)cc4)c(F)cc3C2=O)cc1N. The van der Waals surface area contributed by atoms with Crippen molar-refractivity contribution in [1.29, 1.82) is 0 Å². The van der Waals surface area contributed by atoms with Gasteiger partial charge in [0, 0.05) is 30.5 Å². The number of carbonyl (C=O) groups excluding carboxylic acids is 1. The molecule has 0 aliphatic carbocycles. The normalized spacial score (nSPS) is 13.6. The van der Waals surface area contributed by atoms with Gasteiger partial charge in [-0.15, -0.1) is 0 Å². The Morgan fingerprint density at radius 1 is 1.00 bits per heavy atom. The first-order valence-corrected chi connectivity index (χ1v) is 11.1. The Balaban J connectivity index is 1.51. The molecule has 0 saturated carbocycles. The van der Waals surface area contributed by atoms with Crippen molar-refractivity contribution in [3.63, 3.8) is 0 Å². The summed E-state index contributed by atoms with van der Waals surface area (Å²) in [4.78, 5) is 14.7. The molecule has 190 valence electrons. The van der Waals surface area contributed by atoms with E-state index in [1.165, 1.54) is 23.1 Å². The molecule has 2 N–H and O–H groups in total. The molecule has 0 fully saturated rings. The summed E-state index contributed by atoms with van der Waals surface area (Å²) in [5.41, 5.74) is 7.36. The van der Waals surface area contributed by atoms with Crippen LogP contribution in [0.4, 0.5) is 28.9 Å². The summed E-state index contributed by atoms with van der Waals surface area (Å²) in [5, 5.41) is 0. The molecule has 36 heavy (non-hydrogen) atoms. The zero-order chi connectivity index (χ0) is 25.9. The van der Waals surface area contributed by atoms with Crippen molar-refractivity contribution in [2.24, 2.45) is 0 Å². The number of anilines is 2. The second-order valence-corrected chi connectivity index (χ2v) is 8.16. The van der Waals surface area contributed by atoms with Gasteiger partial charge >= 0.3 is 6.18 Å². The van der Waals surface area contributed by atoms with Crippen molar-refractivity contribution in [3.8, 4) is 16.9 Å². The fourth-order valence-corrected chi connectivity index (χ4v) is 3.95. The van der Waals surface area contributed by atoms with E-state index in [4.69, 9.17) is 19.9 Å². The van der Waals surface area contributed by atoms with Crippen molar-refractivity contribution in [1.82, 2.24) is 0 Å². The van der Waals surface area contributed by atoms with Crippen LogP contribution in [0, 0.1) is 5.82 Å². The fourth-order valence-electron chi connectivity index (χ4n) is 3.95. The van der Waals surface area contributed by atoms with Crippen LogP contribution in [0.1, 0.15) is 21.5 Å². The van der Waals surface area contributed by atoms with Gasteiger partial charge in [-0.05, 0) is 60.0 Å². The monoisotopic (exact) mass is 504 g/mol. The number of alkyl halides is 3. The number of fused-ring (bicyclic) bond motifs is 1. The van der Waals surface area contributed by atoms with E-state index >= 15 is 0 Å². The average molecular weight is 504 g/mol. The molecular weight excluding hydrogens is 480 g/mol. The lowest BCUT2D eigenvalue weighted by Gasteiger charge is -2.29. The number of halogens is 4. The zero-order valence-corrected chi connectivity index (χ0v) is 19.4. The molecule has 6 nitrogen and oxygen atoms in total. The smallest absolute Gasteiger partial charge is 0.416 e. The van der Waals surface area contributed by atoms with E-state index in [0.717, 1.165) is 18.2 Å². The quantitative estimate of drug-likeness (QED) is 0.195. The van der Waals surface area contributed by atoms with Crippen LogP contribution in [0.3, 0.4) is 0 Å². The van der Waals surface area contributed by atoms with E-state index in [1.807, 2.05) is 0 Å². The van der Waals surface area contributed by atoms with Crippen LogP contribution in [-0.2, 0) is 22.1 Å². The lowest BCUT2D eigenvalue weighted by atomic mass is 9.93. The van der Waals surface area contributed by atoms with Crippen LogP contribution >= 0.6 is 0 Å². The maximum absolute atomic E-state index is 15.0. The Morgan fingerprint density at radius 2 is 1.75 bits per heavy atom. The Bertz CT molecular complexity index is 1250. The van der Waals surface area contributed by atoms with Crippen molar-refractivity contribution in [2.75, 3.05) is 44.3 Å². The first-order chi connectivity index (χ1) is 17.2. The molecule has 0 unspecified atom stereocenters. The van der Waals surface area contributed by atoms with Gasteiger partial charge in [-0.1, -0.05) is 12.1 Å². The van der Waals surface area contributed by atoms with E-state index in [2.05, 4.69) is 0 Å². The van der Waals surface area contributed by atoms with Crippen LogP contribution in [0.2, 0.25) is 0 Å². The molecule has 1 aliphatic heterocycles. The summed E-state index contributed by atoms with van der Waals surface area (Å²) in [6.07, 6.45) is -4.05. The van der Waals surface area contributed by atoms with Crippen LogP contribution in [-0.4, -0.2) is 39.6 Å². The van der Waals surface area contributed by atoms with Gasteiger partial charge in [-0.2, -0.15) is 13.2 Å². The number of nitrogens with zero attached hydrogens (tertiary/aromatic N) is 1. The molecule has 0 atom stereocenters. The summed E-state index contributed by atoms with van der Waals surface area (Å²) in [6, 6.07) is 11.8. The minimum Gasteiger partial charge on any atom is -0.465 e. The van der Waals surface area contributed by atoms with Crippen LogP contribution in [0.25, 0.3) is 11.1 Å². The Kier molecular flexibility index (Phi) is 7.46. The van der Waals surface area contributed by atoms with E-state index in [0.29, 0.717) is 54.4 Å². The molecular formula is C26H24F4N2O4. The van der Waals surface area contributed by atoms with Crippen LogP contribution in [0.15, 0.2) is 54.6 Å². The maximum Gasteiger partial charge on any atom is 0.416 e. The third-order valence-corrected chi connectivity index (χ3v) is 5.83. The second kappa shape index (κ2) is 10.5. The number of amides is 1. The topological polar surface area (TPSA) is 74.0 Å². The minimum atomic E-state index is -4.48. The van der Waals surface area contributed by atoms with Gasteiger partial charge in [0.2, 0.25) is 0 Å². The molecule has 1 amide bonds. The molecule has 1 heterocycles. The van der Waals surface area contributed by atoms with E-state index in [9.17, 15) is 22.4 Å². The van der Waals surface area contributed by atoms with Crippen LogP contribution < -0.4 is 15.4 Å². The molecule has 1 aliphatic rings. The minimum absolute atomic E-state index is 0.0104. The van der Waals surface area contributed by atoms with Gasteiger partial charge in [0.25, 0.3) is 5.91 Å². The second-order valence-electron chi connectivity index (χ2n) is 8.16. The van der Waals surface area contributed by atoms with E-state index in [-0.39, 0.29) is 17.9 Å². The summed E-state index contributed by atoms with van der Waals surface area (Å²) in [6.45, 7) is 1.11. The van der Waals surface area contributed by atoms with Gasteiger partial charge in [-0.3, -0.25) is 4.79 Å². The summed E-state index contributed by atoms with van der Waals surface area (Å²) < 4.78 is 69.1. The fraction of sp³-hybridized carbons (Fsp3) is 0.269. The average Bonchev–Trinajstić information content (AvgIpc) is 2.85. The molecule has 0 radical (unpaired) electrons. The number of benzene rings is 3. The van der Waals surface area contributed by atoms with Crippen molar-refractivity contribution in [3.05, 3.63) is 77.1 Å². The first kappa shape index (κ1) is 25.5. The highest BCUT2D eigenvalue weighted by atomic mass is 19.4. The summed E-state index contributed by atoms with van der Waals surface area (Å²) in [5.74, 6) is -0.696. The van der Waals surface area contributed by atoms with E-state index < -0.39 is 23.5 Å².